The van der Waals surface area contributed by atoms with Crippen LogP contribution in [0.1, 0.15) is 33.1 Å². The molecule has 1 heterocycles. The number of carbonyl (C=O) groups excluding carboxylic acids is 1. The van der Waals surface area contributed by atoms with Crippen molar-refractivity contribution in [1.82, 2.24) is 9.80 Å². The third kappa shape index (κ3) is 3.23. The van der Waals surface area contributed by atoms with Crippen LogP contribution in [0.4, 0.5) is 0 Å². The van der Waals surface area contributed by atoms with Crippen molar-refractivity contribution in [3.63, 3.8) is 0 Å². The second-order valence-corrected chi connectivity index (χ2v) is 6.38. The lowest BCUT2D eigenvalue weighted by Gasteiger charge is -2.24. The molecule has 2 fully saturated rings. The van der Waals surface area contributed by atoms with E-state index in [1.54, 1.807) is 0 Å². The van der Waals surface area contributed by atoms with E-state index in [4.69, 9.17) is 5.73 Å². The average Bonchev–Trinajstić information content (AvgIpc) is 3.08. The summed E-state index contributed by atoms with van der Waals surface area (Å²) in [6.07, 6.45) is 3.84. The monoisotopic (exact) mass is 253 g/mol. The molecule has 1 aliphatic heterocycles. The molecule has 0 aromatic rings. The van der Waals surface area contributed by atoms with Gasteiger partial charge in [-0.15, -0.1) is 0 Å². The van der Waals surface area contributed by atoms with Crippen LogP contribution < -0.4 is 5.73 Å². The second kappa shape index (κ2) is 5.57. The molecule has 0 aromatic carbocycles. The maximum Gasteiger partial charge on any atom is 0.239 e. The minimum Gasteiger partial charge on any atom is -0.341 e. The van der Waals surface area contributed by atoms with Crippen LogP contribution in [0.2, 0.25) is 0 Å². The molecule has 104 valence electrons. The van der Waals surface area contributed by atoms with E-state index in [0.29, 0.717) is 5.92 Å². The van der Waals surface area contributed by atoms with E-state index in [9.17, 15) is 4.79 Å². The molecule has 18 heavy (non-hydrogen) atoms. The number of carbonyl (C=O) groups is 1. The van der Waals surface area contributed by atoms with Gasteiger partial charge in [0.25, 0.3) is 0 Å². The van der Waals surface area contributed by atoms with Gasteiger partial charge >= 0.3 is 0 Å². The van der Waals surface area contributed by atoms with Crippen LogP contribution >= 0.6 is 0 Å². The molecule has 2 atom stereocenters. The molecule has 1 aliphatic carbocycles. The lowest BCUT2D eigenvalue weighted by Crippen LogP contribution is -2.45. The minimum atomic E-state index is -0.329. The first-order chi connectivity index (χ1) is 8.49. The summed E-state index contributed by atoms with van der Waals surface area (Å²) in [7, 11) is 2.21. The van der Waals surface area contributed by atoms with Crippen molar-refractivity contribution < 1.29 is 4.79 Å². The SMILES string of the molecule is CC(C)[C@H](N)C(=O)N1CC[C@@H](CN(C)C2CC2)C1. The van der Waals surface area contributed by atoms with Gasteiger partial charge in [-0.2, -0.15) is 0 Å². The first-order valence-corrected chi connectivity index (χ1v) is 7.23. The van der Waals surface area contributed by atoms with Crippen molar-refractivity contribution in [1.29, 1.82) is 0 Å². The van der Waals surface area contributed by atoms with Crippen molar-refractivity contribution in [3.05, 3.63) is 0 Å². The maximum absolute atomic E-state index is 12.2. The zero-order chi connectivity index (χ0) is 13.3. The molecule has 2 aliphatic rings. The Morgan fingerprint density at radius 2 is 2.06 bits per heavy atom. The Morgan fingerprint density at radius 1 is 1.39 bits per heavy atom. The summed E-state index contributed by atoms with van der Waals surface area (Å²) in [5, 5.41) is 0. The van der Waals surface area contributed by atoms with E-state index < -0.39 is 0 Å². The van der Waals surface area contributed by atoms with Gasteiger partial charge in [0, 0.05) is 25.7 Å². The summed E-state index contributed by atoms with van der Waals surface area (Å²) < 4.78 is 0. The predicted octanol–water partition coefficient (Wildman–Crippen LogP) is 0.912. The lowest BCUT2D eigenvalue weighted by molar-refractivity contribution is -0.132. The zero-order valence-corrected chi connectivity index (χ0v) is 11.9. The van der Waals surface area contributed by atoms with Crippen LogP contribution in [0.3, 0.4) is 0 Å². The van der Waals surface area contributed by atoms with E-state index in [1.165, 1.54) is 12.8 Å². The normalized spacial score (nSPS) is 26.1. The first kappa shape index (κ1) is 13.8. The molecule has 1 saturated heterocycles. The molecule has 2 rings (SSSR count). The molecule has 4 heteroatoms. The number of likely N-dealkylation sites (tertiary alicyclic amines) is 1. The Hall–Kier alpha value is -0.610. The average molecular weight is 253 g/mol. The number of nitrogens with zero attached hydrogens (tertiary/aromatic N) is 2. The summed E-state index contributed by atoms with van der Waals surface area (Å²) in [5.41, 5.74) is 5.94. The van der Waals surface area contributed by atoms with Gasteiger partial charge in [0.05, 0.1) is 6.04 Å². The third-order valence-corrected chi connectivity index (χ3v) is 4.32. The highest BCUT2D eigenvalue weighted by molar-refractivity contribution is 5.82. The molecule has 0 radical (unpaired) electrons. The molecule has 0 bridgehead atoms. The summed E-state index contributed by atoms with van der Waals surface area (Å²) in [6, 6.07) is 0.484. The summed E-state index contributed by atoms with van der Waals surface area (Å²) in [4.78, 5) is 16.6. The van der Waals surface area contributed by atoms with Gasteiger partial charge in [0.2, 0.25) is 5.91 Å². The molecule has 0 aromatic heterocycles. The van der Waals surface area contributed by atoms with Crippen LogP contribution in [0, 0.1) is 11.8 Å². The standard InChI is InChI=1S/C14H27N3O/c1-10(2)13(15)14(18)17-7-6-11(9-17)8-16(3)12-4-5-12/h10-13H,4-9,15H2,1-3H3/t11-,13-/m0/s1. The fourth-order valence-electron chi connectivity index (χ4n) is 2.75. The van der Waals surface area contributed by atoms with E-state index in [-0.39, 0.29) is 17.9 Å². The van der Waals surface area contributed by atoms with Gasteiger partial charge < -0.3 is 15.5 Å². The van der Waals surface area contributed by atoms with E-state index in [2.05, 4.69) is 11.9 Å². The number of hydrogen-bond acceptors (Lipinski definition) is 3. The summed E-state index contributed by atoms with van der Waals surface area (Å²) in [5.74, 6) is 1.01. The van der Waals surface area contributed by atoms with Gasteiger partial charge in [-0.25, -0.2) is 0 Å². The fourth-order valence-corrected chi connectivity index (χ4v) is 2.75. The highest BCUT2D eigenvalue weighted by Crippen LogP contribution is 2.28. The van der Waals surface area contributed by atoms with Crippen molar-refractivity contribution >= 4 is 5.91 Å². The van der Waals surface area contributed by atoms with Gasteiger partial charge in [-0.3, -0.25) is 4.79 Å². The van der Waals surface area contributed by atoms with Gasteiger partial charge in [0.1, 0.15) is 0 Å². The lowest BCUT2D eigenvalue weighted by atomic mass is 10.0. The molecule has 0 unspecified atom stereocenters. The number of nitrogens with two attached hydrogens (primary N) is 1. The van der Waals surface area contributed by atoms with Crippen LogP contribution in [0.15, 0.2) is 0 Å². The smallest absolute Gasteiger partial charge is 0.239 e. The number of amides is 1. The Balaban J connectivity index is 1.78. The zero-order valence-electron chi connectivity index (χ0n) is 11.9. The van der Waals surface area contributed by atoms with Crippen LogP contribution in [0.25, 0.3) is 0 Å². The topological polar surface area (TPSA) is 49.6 Å². The molecular weight excluding hydrogens is 226 g/mol. The second-order valence-electron chi connectivity index (χ2n) is 6.38. The van der Waals surface area contributed by atoms with E-state index in [0.717, 1.165) is 32.1 Å². The van der Waals surface area contributed by atoms with Gasteiger partial charge in [0.15, 0.2) is 0 Å². The quantitative estimate of drug-likeness (QED) is 0.792. The predicted molar refractivity (Wildman–Crippen MR) is 73.2 cm³/mol. The van der Waals surface area contributed by atoms with Crippen LogP contribution in [-0.4, -0.2) is 54.5 Å². The molecule has 4 nitrogen and oxygen atoms in total. The maximum atomic E-state index is 12.2. The Labute approximate surface area is 110 Å². The molecule has 1 saturated carbocycles. The van der Waals surface area contributed by atoms with Crippen LogP contribution in [-0.2, 0) is 4.79 Å². The Bertz CT molecular complexity index is 301. The van der Waals surface area contributed by atoms with Gasteiger partial charge in [-0.1, -0.05) is 13.8 Å². The van der Waals surface area contributed by atoms with Crippen molar-refractivity contribution in [2.75, 3.05) is 26.7 Å². The van der Waals surface area contributed by atoms with Gasteiger partial charge in [-0.05, 0) is 38.1 Å². The third-order valence-electron chi connectivity index (χ3n) is 4.32. The number of hydrogen-bond donors (Lipinski definition) is 1. The largest absolute Gasteiger partial charge is 0.341 e. The summed E-state index contributed by atoms with van der Waals surface area (Å²) >= 11 is 0. The molecule has 2 N–H and O–H groups in total. The molecule has 1 amide bonds. The van der Waals surface area contributed by atoms with E-state index in [1.807, 2.05) is 18.7 Å². The molecule has 0 spiro atoms. The first-order valence-electron chi connectivity index (χ1n) is 7.23. The van der Waals surface area contributed by atoms with Crippen molar-refractivity contribution in [2.45, 2.75) is 45.2 Å². The van der Waals surface area contributed by atoms with Crippen molar-refractivity contribution in [3.8, 4) is 0 Å². The van der Waals surface area contributed by atoms with E-state index >= 15 is 0 Å². The highest BCUT2D eigenvalue weighted by Gasteiger charge is 2.33. The minimum absolute atomic E-state index is 0.140. The van der Waals surface area contributed by atoms with Crippen molar-refractivity contribution in [2.24, 2.45) is 17.6 Å². The Morgan fingerprint density at radius 3 is 2.61 bits per heavy atom. The highest BCUT2D eigenvalue weighted by atomic mass is 16.2. The fraction of sp³-hybridized carbons (Fsp3) is 0.929. The number of rotatable bonds is 5. The Kier molecular flexibility index (Phi) is 4.28. The molecular formula is C14H27N3O. The summed E-state index contributed by atoms with van der Waals surface area (Å²) in [6.45, 7) is 6.94. The van der Waals surface area contributed by atoms with Crippen LogP contribution in [0.5, 0.6) is 0 Å².